The fourth-order valence-electron chi connectivity index (χ4n) is 5.02. The van der Waals surface area contributed by atoms with Crippen LogP contribution in [-0.2, 0) is 41.8 Å². The number of rotatable bonds is 38. The summed E-state index contributed by atoms with van der Waals surface area (Å²) in [5.74, 6) is -1.25. The molecule has 0 saturated heterocycles. The number of aliphatic hydroxyl groups excluding tert-OH is 2. The highest BCUT2D eigenvalue weighted by molar-refractivity contribution is 7.47. The molecule has 0 spiro atoms. The number of unbranched alkanes of at least 4 members (excludes halogenated alkanes) is 9. The van der Waals surface area contributed by atoms with E-state index < -0.39 is 72.3 Å². The Morgan fingerprint density at radius 3 is 1.78 bits per heavy atom. The quantitative estimate of drug-likeness (QED) is 0.0129. The van der Waals surface area contributed by atoms with E-state index in [-0.39, 0.29) is 25.7 Å². The van der Waals surface area contributed by atoms with E-state index in [2.05, 4.69) is 71.5 Å². The second kappa shape index (κ2) is 37.5. The lowest BCUT2D eigenvalue weighted by atomic mass is 10.1. The van der Waals surface area contributed by atoms with Gasteiger partial charge >= 0.3 is 27.6 Å². The molecule has 0 aromatic rings. The van der Waals surface area contributed by atoms with Crippen molar-refractivity contribution < 1.29 is 66.7 Å². The van der Waals surface area contributed by atoms with Gasteiger partial charge in [-0.1, -0.05) is 125 Å². The lowest BCUT2D eigenvalue weighted by molar-refractivity contribution is -0.161. The molecule has 0 bridgehead atoms. The van der Waals surface area contributed by atoms with E-state index in [1.807, 2.05) is 12.2 Å². The van der Waals surface area contributed by atoms with Crippen LogP contribution in [0.4, 0.5) is 0 Å². The summed E-state index contributed by atoms with van der Waals surface area (Å²) in [5.41, 5.74) is 0. The highest BCUT2D eigenvalue weighted by Crippen LogP contribution is 2.43. The first kappa shape index (κ1) is 55.5. The molecule has 0 rings (SSSR count). The Morgan fingerprint density at radius 2 is 1.14 bits per heavy atom. The number of aliphatic hydroxyl groups is 2. The van der Waals surface area contributed by atoms with Crippen molar-refractivity contribution >= 4 is 27.6 Å². The summed E-state index contributed by atoms with van der Waals surface area (Å²) in [7, 11) is -9.75. The van der Waals surface area contributed by atoms with E-state index in [0.29, 0.717) is 6.42 Å². The zero-order valence-electron chi connectivity index (χ0n) is 34.7. The van der Waals surface area contributed by atoms with Crippen LogP contribution in [0.25, 0.3) is 0 Å². The standard InChI is InChI=1S/C42H72O14P2/c1-3-5-7-9-11-13-15-17-19-21-23-25-27-30-38(43)31-29-33-42(46)56-40(37-55-58(50,51)54-35-39(44)34-53-57(47,48)49)36-52-41(45)32-28-26-24-22-20-18-16-14-12-10-8-6-4-2/h5,7,11,13-14,16-17,19,23,25,27,30,38-40,43-44H,3-4,6,8-10,12,15,18,20-22,24,26,28-29,31-37H2,1-2H3,(H,50,51)(H2,47,48,49)/b7-5-,13-11-,16-14-,19-17-,25-23-,30-27+/t38?,39-,40+/m0/s1. The minimum Gasteiger partial charge on any atom is -0.462 e. The second-order valence-electron chi connectivity index (χ2n) is 13.7. The molecular formula is C42H72O14P2. The Balaban J connectivity index is 4.78. The maximum atomic E-state index is 12.6. The average Bonchev–Trinajstić information content (AvgIpc) is 3.17. The number of hydrogen-bond donors (Lipinski definition) is 5. The molecule has 2 unspecified atom stereocenters. The monoisotopic (exact) mass is 862 g/mol. The molecule has 0 saturated carbocycles. The van der Waals surface area contributed by atoms with Crippen molar-refractivity contribution in [3.63, 3.8) is 0 Å². The summed E-state index contributed by atoms with van der Waals surface area (Å²) >= 11 is 0. The number of esters is 2. The van der Waals surface area contributed by atoms with Crippen LogP contribution in [0.3, 0.4) is 0 Å². The topological polar surface area (TPSA) is 216 Å². The number of allylic oxidation sites excluding steroid dienone is 11. The van der Waals surface area contributed by atoms with Gasteiger partial charge in [-0.3, -0.25) is 23.2 Å². The van der Waals surface area contributed by atoms with Gasteiger partial charge in [0.15, 0.2) is 6.10 Å². The molecule has 14 nitrogen and oxygen atoms in total. The SMILES string of the molecule is CC/C=C\C/C=C\C/C=C\C/C=C\C=C\C(O)CCCC(=O)O[C@H](COC(=O)CCCCCCC/C=C\CCCCCC)COP(=O)(O)OC[C@@H](O)COP(=O)(O)O. The summed E-state index contributed by atoms with van der Waals surface area (Å²) in [6.07, 6.45) is 36.4. The van der Waals surface area contributed by atoms with E-state index in [1.165, 1.54) is 25.7 Å². The third kappa shape index (κ3) is 40.3. The third-order valence-corrected chi connectivity index (χ3v) is 9.61. The van der Waals surface area contributed by atoms with Gasteiger partial charge < -0.3 is 34.4 Å². The molecule has 5 N–H and O–H groups in total. The first-order valence-electron chi connectivity index (χ1n) is 20.7. The molecule has 0 aliphatic rings. The lowest BCUT2D eigenvalue weighted by Crippen LogP contribution is -2.30. The molecule has 58 heavy (non-hydrogen) atoms. The molecule has 16 heteroatoms. The van der Waals surface area contributed by atoms with Crippen molar-refractivity contribution in [2.75, 3.05) is 26.4 Å². The van der Waals surface area contributed by atoms with Crippen molar-refractivity contribution in [3.05, 3.63) is 72.9 Å². The zero-order chi connectivity index (χ0) is 43.2. The van der Waals surface area contributed by atoms with Crippen LogP contribution < -0.4 is 0 Å². The largest absolute Gasteiger partial charge is 0.472 e. The Morgan fingerprint density at radius 1 is 0.586 bits per heavy atom. The fourth-order valence-corrected chi connectivity index (χ4v) is 6.17. The number of carbonyl (C=O) groups excluding carboxylic acids is 2. The summed E-state index contributed by atoms with van der Waals surface area (Å²) in [6, 6.07) is 0. The van der Waals surface area contributed by atoms with Gasteiger partial charge in [0.05, 0.1) is 25.9 Å². The second-order valence-corrected chi connectivity index (χ2v) is 16.4. The van der Waals surface area contributed by atoms with E-state index in [0.717, 1.165) is 64.2 Å². The molecular weight excluding hydrogens is 790 g/mol. The average molecular weight is 863 g/mol. The minimum absolute atomic E-state index is 0.104. The van der Waals surface area contributed by atoms with Gasteiger partial charge in [0, 0.05) is 12.8 Å². The van der Waals surface area contributed by atoms with Crippen molar-refractivity contribution in [2.24, 2.45) is 0 Å². The Hall–Kier alpha value is -2.48. The molecule has 0 fully saturated rings. The van der Waals surface area contributed by atoms with Crippen molar-refractivity contribution in [3.8, 4) is 0 Å². The molecule has 0 radical (unpaired) electrons. The van der Waals surface area contributed by atoms with Crippen molar-refractivity contribution in [1.82, 2.24) is 0 Å². The van der Waals surface area contributed by atoms with E-state index in [1.54, 1.807) is 12.2 Å². The lowest BCUT2D eigenvalue weighted by Gasteiger charge is -2.20. The van der Waals surface area contributed by atoms with E-state index in [4.69, 9.17) is 23.8 Å². The minimum atomic E-state index is -4.89. The van der Waals surface area contributed by atoms with E-state index >= 15 is 0 Å². The summed E-state index contributed by atoms with van der Waals surface area (Å²) in [6.45, 7) is 1.37. The summed E-state index contributed by atoms with van der Waals surface area (Å²) in [4.78, 5) is 52.6. The highest BCUT2D eigenvalue weighted by atomic mass is 31.2. The van der Waals surface area contributed by atoms with Gasteiger partial charge in [0.25, 0.3) is 0 Å². The van der Waals surface area contributed by atoms with Crippen LogP contribution >= 0.6 is 15.6 Å². The highest BCUT2D eigenvalue weighted by Gasteiger charge is 2.28. The van der Waals surface area contributed by atoms with Gasteiger partial charge in [-0.15, -0.1) is 0 Å². The van der Waals surface area contributed by atoms with Gasteiger partial charge in [0.1, 0.15) is 12.7 Å². The molecule has 4 atom stereocenters. The predicted molar refractivity (Wildman–Crippen MR) is 226 cm³/mol. The first-order chi connectivity index (χ1) is 27.8. The van der Waals surface area contributed by atoms with Crippen LogP contribution in [-0.4, -0.2) is 81.6 Å². The van der Waals surface area contributed by atoms with Gasteiger partial charge in [-0.05, 0) is 70.6 Å². The fraction of sp³-hybridized carbons (Fsp3) is 0.667. The molecule has 334 valence electrons. The zero-order valence-corrected chi connectivity index (χ0v) is 36.5. The Kier molecular flexibility index (Phi) is 35.9. The van der Waals surface area contributed by atoms with Gasteiger partial charge in [0.2, 0.25) is 0 Å². The number of hydrogen-bond acceptors (Lipinski definition) is 11. The van der Waals surface area contributed by atoms with Crippen LogP contribution in [0.2, 0.25) is 0 Å². The predicted octanol–water partition coefficient (Wildman–Crippen LogP) is 9.19. The number of phosphoric ester groups is 2. The molecule has 0 amide bonds. The molecule has 0 aliphatic heterocycles. The van der Waals surface area contributed by atoms with Crippen LogP contribution in [0.1, 0.15) is 136 Å². The maximum Gasteiger partial charge on any atom is 0.472 e. The van der Waals surface area contributed by atoms with Crippen LogP contribution in [0, 0.1) is 0 Å². The van der Waals surface area contributed by atoms with Crippen LogP contribution in [0.15, 0.2) is 72.9 Å². The van der Waals surface area contributed by atoms with Crippen molar-refractivity contribution in [2.45, 2.75) is 154 Å². The molecule has 0 heterocycles. The van der Waals surface area contributed by atoms with Crippen LogP contribution in [0.5, 0.6) is 0 Å². The maximum absolute atomic E-state index is 12.6. The smallest absolute Gasteiger partial charge is 0.462 e. The Labute approximate surface area is 347 Å². The number of phosphoric acid groups is 2. The van der Waals surface area contributed by atoms with Gasteiger partial charge in [-0.2, -0.15) is 0 Å². The Bertz CT molecular complexity index is 1320. The molecule has 0 aliphatic carbocycles. The molecule has 0 aromatic carbocycles. The molecule has 0 aromatic heterocycles. The normalized spacial score (nSPS) is 15.4. The van der Waals surface area contributed by atoms with Crippen molar-refractivity contribution in [1.29, 1.82) is 0 Å². The summed E-state index contributed by atoms with van der Waals surface area (Å²) < 4.78 is 47.5. The first-order valence-corrected chi connectivity index (χ1v) is 23.8. The third-order valence-electron chi connectivity index (χ3n) is 8.17. The van der Waals surface area contributed by atoms with E-state index in [9.17, 15) is 33.8 Å². The van der Waals surface area contributed by atoms with Gasteiger partial charge in [-0.25, -0.2) is 9.13 Å². The summed E-state index contributed by atoms with van der Waals surface area (Å²) in [5, 5.41) is 20.0. The number of ether oxygens (including phenoxy) is 2. The number of carbonyl (C=O) groups is 2.